The number of carbonyl (C=O) groups is 1. The highest BCUT2D eigenvalue weighted by atomic mass is 35.5. The molecule has 2 aromatic carbocycles. The fourth-order valence-corrected chi connectivity index (χ4v) is 2.68. The number of halogens is 2. The van der Waals surface area contributed by atoms with Crippen LogP contribution in [0, 0.1) is 0 Å². The van der Waals surface area contributed by atoms with Crippen LogP contribution in [0.25, 0.3) is 0 Å². The van der Waals surface area contributed by atoms with E-state index in [1.165, 1.54) is 0 Å². The minimum atomic E-state index is -0.127. The Morgan fingerprint density at radius 2 is 2.10 bits per heavy atom. The van der Waals surface area contributed by atoms with E-state index in [4.69, 9.17) is 27.9 Å². The molecule has 0 aliphatic carbocycles. The predicted molar refractivity (Wildman–Crippen MR) is 84.4 cm³/mol. The molecule has 3 rings (SSSR count). The lowest BCUT2D eigenvalue weighted by molar-refractivity contribution is -0.115. The van der Waals surface area contributed by atoms with Gasteiger partial charge in [-0.1, -0.05) is 41.4 Å². The molecular formula is C16H13Cl2NO2. The molecule has 1 amide bonds. The number of amides is 1. The van der Waals surface area contributed by atoms with E-state index in [-0.39, 0.29) is 12.3 Å². The molecule has 1 aliphatic heterocycles. The van der Waals surface area contributed by atoms with Crippen LogP contribution in [0.3, 0.4) is 0 Å². The van der Waals surface area contributed by atoms with Gasteiger partial charge in [0.15, 0.2) is 0 Å². The fourth-order valence-electron chi connectivity index (χ4n) is 2.33. The number of rotatable bonds is 3. The molecule has 0 fully saturated rings. The number of hydrogen-bond acceptors (Lipinski definition) is 2. The quantitative estimate of drug-likeness (QED) is 0.923. The van der Waals surface area contributed by atoms with Gasteiger partial charge < -0.3 is 10.1 Å². The SMILES string of the molecule is O=C(Cc1ccc2c(c1)CCO2)Nc1cccc(Cl)c1Cl. The van der Waals surface area contributed by atoms with Crippen LogP contribution in [0.5, 0.6) is 5.75 Å². The third kappa shape index (κ3) is 3.14. The van der Waals surface area contributed by atoms with Crippen molar-refractivity contribution in [1.29, 1.82) is 0 Å². The fraction of sp³-hybridized carbons (Fsp3) is 0.188. The Kier molecular flexibility index (Phi) is 4.04. The zero-order valence-electron chi connectivity index (χ0n) is 11.2. The molecule has 108 valence electrons. The number of benzene rings is 2. The van der Waals surface area contributed by atoms with Gasteiger partial charge in [-0.05, 0) is 29.3 Å². The van der Waals surface area contributed by atoms with Crippen LogP contribution in [0.2, 0.25) is 10.0 Å². The van der Waals surface area contributed by atoms with Gasteiger partial charge in [0.1, 0.15) is 5.75 Å². The molecule has 2 aromatic rings. The van der Waals surface area contributed by atoms with Gasteiger partial charge in [0.2, 0.25) is 5.91 Å². The largest absolute Gasteiger partial charge is 0.493 e. The summed E-state index contributed by atoms with van der Waals surface area (Å²) in [5, 5.41) is 3.56. The maximum absolute atomic E-state index is 12.1. The third-order valence-electron chi connectivity index (χ3n) is 3.34. The van der Waals surface area contributed by atoms with Crippen LogP contribution in [0.4, 0.5) is 5.69 Å². The highest BCUT2D eigenvalue weighted by Crippen LogP contribution is 2.30. The monoisotopic (exact) mass is 321 g/mol. The minimum absolute atomic E-state index is 0.127. The van der Waals surface area contributed by atoms with Gasteiger partial charge in [0, 0.05) is 6.42 Å². The number of fused-ring (bicyclic) bond motifs is 1. The van der Waals surface area contributed by atoms with Gasteiger partial charge in [-0.2, -0.15) is 0 Å². The Hall–Kier alpha value is -1.71. The van der Waals surface area contributed by atoms with E-state index in [0.717, 1.165) is 23.3 Å². The zero-order chi connectivity index (χ0) is 14.8. The van der Waals surface area contributed by atoms with Gasteiger partial charge in [-0.25, -0.2) is 0 Å². The Morgan fingerprint density at radius 3 is 2.95 bits per heavy atom. The lowest BCUT2D eigenvalue weighted by atomic mass is 10.1. The molecule has 21 heavy (non-hydrogen) atoms. The number of carbonyl (C=O) groups excluding carboxylic acids is 1. The maximum atomic E-state index is 12.1. The van der Waals surface area contributed by atoms with Gasteiger partial charge in [0.25, 0.3) is 0 Å². The Labute approximate surface area is 132 Å². The summed E-state index contributed by atoms with van der Waals surface area (Å²) in [5.41, 5.74) is 2.63. The van der Waals surface area contributed by atoms with E-state index >= 15 is 0 Å². The molecule has 0 atom stereocenters. The highest BCUT2D eigenvalue weighted by Gasteiger charge is 2.14. The molecular weight excluding hydrogens is 309 g/mol. The third-order valence-corrected chi connectivity index (χ3v) is 4.16. The summed E-state index contributed by atoms with van der Waals surface area (Å²) in [4.78, 5) is 12.1. The van der Waals surface area contributed by atoms with Crippen molar-refractivity contribution in [1.82, 2.24) is 0 Å². The lowest BCUT2D eigenvalue weighted by Crippen LogP contribution is -2.14. The number of anilines is 1. The molecule has 5 heteroatoms. The number of nitrogens with one attached hydrogen (secondary N) is 1. The number of ether oxygens (including phenoxy) is 1. The van der Waals surface area contributed by atoms with Gasteiger partial charge >= 0.3 is 0 Å². The van der Waals surface area contributed by atoms with Gasteiger partial charge in [-0.3, -0.25) is 4.79 Å². The number of hydrogen-bond donors (Lipinski definition) is 1. The van der Waals surface area contributed by atoms with Crippen LogP contribution in [0.15, 0.2) is 36.4 Å². The maximum Gasteiger partial charge on any atom is 0.228 e. The molecule has 0 spiro atoms. The standard InChI is InChI=1S/C16H13Cl2NO2/c17-12-2-1-3-13(16(12)18)19-15(20)9-10-4-5-14-11(8-10)6-7-21-14/h1-5,8H,6-7,9H2,(H,19,20). The van der Waals surface area contributed by atoms with Crippen molar-refractivity contribution in [3.8, 4) is 5.75 Å². The summed E-state index contributed by atoms with van der Waals surface area (Å²) in [6.07, 6.45) is 1.18. The molecule has 0 saturated heterocycles. The molecule has 1 heterocycles. The summed E-state index contributed by atoms with van der Waals surface area (Å²) in [5.74, 6) is 0.787. The first-order chi connectivity index (χ1) is 10.1. The molecule has 0 bridgehead atoms. The van der Waals surface area contributed by atoms with E-state index in [9.17, 15) is 4.79 Å². The zero-order valence-corrected chi connectivity index (χ0v) is 12.7. The van der Waals surface area contributed by atoms with Crippen molar-refractivity contribution in [2.24, 2.45) is 0 Å². The first-order valence-electron chi connectivity index (χ1n) is 6.62. The minimum Gasteiger partial charge on any atom is -0.493 e. The Balaban J connectivity index is 1.70. The second-order valence-electron chi connectivity index (χ2n) is 4.87. The van der Waals surface area contributed by atoms with Crippen molar-refractivity contribution in [3.05, 3.63) is 57.6 Å². The van der Waals surface area contributed by atoms with Crippen molar-refractivity contribution < 1.29 is 9.53 Å². The van der Waals surface area contributed by atoms with Crippen LogP contribution in [0.1, 0.15) is 11.1 Å². The van der Waals surface area contributed by atoms with Crippen molar-refractivity contribution in [2.45, 2.75) is 12.8 Å². The van der Waals surface area contributed by atoms with Crippen LogP contribution in [-0.4, -0.2) is 12.5 Å². The summed E-state index contributed by atoms with van der Waals surface area (Å²) in [6, 6.07) is 11.0. The van der Waals surface area contributed by atoms with E-state index in [0.29, 0.717) is 22.3 Å². The summed E-state index contributed by atoms with van der Waals surface area (Å²) >= 11 is 12.0. The van der Waals surface area contributed by atoms with Crippen LogP contribution >= 0.6 is 23.2 Å². The molecule has 1 aliphatic rings. The predicted octanol–water partition coefficient (Wildman–Crippen LogP) is 4.11. The van der Waals surface area contributed by atoms with Gasteiger partial charge in [-0.15, -0.1) is 0 Å². The average molecular weight is 322 g/mol. The molecule has 3 nitrogen and oxygen atoms in total. The highest BCUT2D eigenvalue weighted by molar-refractivity contribution is 6.43. The smallest absolute Gasteiger partial charge is 0.228 e. The second-order valence-corrected chi connectivity index (χ2v) is 5.65. The van der Waals surface area contributed by atoms with E-state index in [1.807, 2.05) is 18.2 Å². The van der Waals surface area contributed by atoms with E-state index in [1.54, 1.807) is 18.2 Å². The van der Waals surface area contributed by atoms with E-state index in [2.05, 4.69) is 5.32 Å². The van der Waals surface area contributed by atoms with Crippen LogP contribution in [-0.2, 0) is 17.6 Å². The van der Waals surface area contributed by atoms with Crippen LogP contribution < -0.4 is 10.1 Å². The van der Waals surface area contributed by atoms with Crippen molar-refractivity contribution in [3.63, 3.8) is 0 Å². The van der Waals surface area contributed by atoms with Gasteiger partial charge in [0.05, 0.1) is 28.8 Å². The lowest BCUT2D eigenvalue weighted by Gasteiger charge is -2.09. The molecule has 0 radical (unpaired) electrons. The van der Waals surface area contributed by atoms with Crippen molar-refractivity contribution in [2.75, 3.05) is 11.9 Å². The first-order valence-corrected chi connectivity index (χ1v) is 7.37. The molecule has 0 aromatic heterocycles. The normalized spacial score (nSPS) is 12.7. The average Bonchev–Trinajstić information content (AvgIpc) is 2.91. The Bertz CT molecular complexity index is 701. The first kappa shape index (κ1) is 14.2. The summed E-state index contributed by atoms with van der Waals surface area (Å²) < 4.78 is 5.45. The second kappa shape index (κ2) is 5.96. The van der Waals surface area contributed by atoms with Crippen molar-refractivity contribution >= 4 is 34.8 Å². The molecule has 0 unspecified atom stereocenters. The van der Waals surface area contributed by atoms with E-state index < -0.39 is 0 Å². The molecule has 0 saturated carbocycles. The topological polar surface area (TPSA) is 38.3 Å². The summed E-state index contributed by atoms with van der Waals surface area (Å²) in [6.45, 7) is 0.711. The Morgan fingerprint density at radius 1 is 1.24 bits per heavy atom. The molecule has 1 N–H and O–H groups in total. The summed E-state index contributed by atoms with van der Waals surface area (Å²) in [7, 11) is 0.